The Hall–Kier alpha value is -2.82. The van der Waals surface area contributed by atoms with Crippen molar-refractivity contribution in [3.8, 4) is 0 Å². The number of piperidine rings is 1. The summed E-state index contributed by atoms with van der Waals surface area (Å²) in [6.07, 6.45) is -1.95. The number of carbonyl (C=O) groups excluding carboxylic acids is 2. The number of hydrogen-bond acceptors (Lipinski definition) is 6. The maximum Gasteiger partial charge on any atom is 0.418 e. The molecular weight excluding hydrogens is 455 g/mol. The molecule has 0 radical (unpaired) electrons. The van der Waals surface area contributed by atoms with Crippen molar-refractivity contribution < 1.29 is 22.8 Å². The third-order valence-corrected chi connectivity index (χ3v) is 6.07. The number of nitrogens with zero attached hydrogens (tertiary/aromatic N) is 3. The molecule has 0 spiro atoms. The largest absolute Gasteiger partial charge is 0.418 e. The highest BCUT2D eigenvalue weighted by Gasteiger charge is 2.33. The van der Waals surface area contributed by atoms with Crippen LogP contribution in [0.4, 0.5) is 24.7 Å². The molecule has 11 heteroatoms. The summed E-state index contributed by atoms with van der Waals surface area (Å²) in [4.78, 5) is 26.4. The van der Waals surface area contributed by atoms with Gasteiger partial charge in [0.1, 0.15) is 5.03 Å². The van der Waals surface area contributed by atoms with Crippen LogP contribution in [0.2, 0.25) is 0 Å². The highest BCUT2D eigenvalue weighted by atomic mass is 32.2. The fourth-order valence-electron chi connectivity index (χ4n) is 3.52. The lowest BCUT2D eigenvalue weighted by molar-refractivity contribution is -0.137. The van der Waals surface area contributed by atoms with Crippen LogP contribution in [0.5, 0.6) is 0 Å². The number of benzene rings is 1. The van der Waals surface area contributed by atoms with Crippen LogP contribution in [0.3, 0.4) is 0 Å². The van der Waals surface area contributed by atoms with E-state index in [9.17, 15) is 22.8 Å². The van der Waals surface area contributed by atoms with Gasteiger partial charge < -0.3 is 15.5 Å². The quantitative estimate of drug-likeness (QED) is 0.555. The molecule has 2 heterocycles. The zero-order valence-corrected chi connectivity index (χ0v) is 19.0. The van der Waals surface area contributed by atoms with Crippen molar-refractivity contribution in [3.05, 3.63) is 42.0 Å². The monoisotopic (exact) mass is 481 g/mol. The summed E-state index contributed by atoms with van der Waals surface area (Å²) in [5.74, 6) is -0.0662. The highest BCUT2D eigenvalue weighted by molar-refractivity contribution is 7.99. The summed E-state index contributed by atoms with van der Waals surface area (Å²) in [5, 5.41) is 14.0. The van der Waals surface area contributed by atoms with E-state index in [2.05, 4.69) is 20.8 Å². The van der Waals surface area contributed by atoms with Gasteiger partial charge in [-0.15, -0.1) is 10.2 Å². The van der Waals surface area contributed by atoms with E-state index in [1.54, 1.807) is 12.1 Å². The van der Waals surface area contributed by atoms with Crippen LogP contribution in [-0.4, -0.2) is 47.4 Å². The molecule has 1 atom stereocenters. The number of rotatable bonds is 8. The number of thioether (sulfide) groups is 1. The van der Waals surface area contributed by atoms with Crippen molar-refractivity contribution >= 4 is 35.1 Å². The second kappa shape index (κ2) is 11.4. The number of nitrogens with one attached hydrogen (secondary N) is 2. The Balaban J connectivity index is 1.53. The molecule has 0 unspecified atom stereocenters. The van der Waals surface area contributed by atoms with Gasteiger partial charge in [0.15, 0.2) is 5.82 Å². The van der Waals surface area contributed by atoms with E-state index in [1.165, 1.54) is 18.2 Å². The van der Waals surface area contributed by atoms with Gasteiger partial charge in [-0.1, -0.05) is 30.8 Å². The van der Waals surface area contributed by atoms with Crippen molar-refractivity contribution in [2.45, 2.75) is 37.4 Å². The van der Waals surface area contributed by atoms with Crippen LogP contribution in [0.1, 0.15) is 31.7 Å². The first-order valence-electron chi connectivity index (χ1n) is 10.7. The fraction of sp³-hybridized carbons (Fsp3) is 0.455. The molecule has 1 aliphatic heterocycles. The lowest BCUT2D eigenvalue weighted by Gasteiger charge is -2.32. The van der Waals surface area contributed by atoms with Crippen molar-refractivity contribution in [3.63, 3.8) is 0 Å². The molecule has 2 aromatic rings. The van der Waals surface area contributed by atoms with E-state index >= 15 is 0 Å². The van der Waals surface area contributed by atoms with Gasteiger partial charge >= 0.3 is 6.18 Å². The molecule has 1 fully saturated rings. The number of hydrogen-bond donors (Lipinski definition) is 2. The molecule has 1 aliphatic rings. The average molecular weight is 482 g/mol. The number of halogens is 3. The van der Waals surface area contributed by atoms with Crippen molar-refractivity contribution in [1.29, 1.82) is 0 Å². The third kappa shape index (κ3) is 7.08. The molecular formula is C22H26F3N5O2S. The molecule has 0 aliphatic carbocycles. The Kier molecular flexibility index (Phi) is 8.54. The number of amides is 2. The van der Waals surface area contributed by atoms with Crippen molar-refractivity contribution in [2.24, 2.45) is 5.92 Å². The number of carbonyl (C=O) groups is 2. The second-order valence-electron chi connectivity index (χ2n) is 7.69. The van der Waals surface area contributed by atoms with Crippen LogP contribution >= 0.6 is 11.8 Å². The molecule has 2 N–H and O–H groups in total. The molecule has 33 heavy (non-hydrogen) atoms. The third-order valence-electron chi connectivity index (χ3n) is 5.15. The van der Waals surface area contributed by atoms with Crippen LogP contribution in [0, 0.1) is 5.92 Å². The molecule has 0 bridgehead atoms. The lowest BCUT2D eigenvalue weighted by Crippen LogP contribution is -2.43. The van der Waals surface area contributed by atoms with E-state index in [1.807, 2.05) is 11.8 Å². The zero-order valence-electron chi connectivity index (χ0n) is 18.2. The van der Waals surface area contributed by atoms with Crippen molar-refractivity contribution in [1.82, 2.24) is 15.5 Å². The van der Waals surface area contributed by atoms with E-state index in [0.29, 0.717) is 23.9 Å². The predicted octanol–water partition coefficient (Wildman–Crippen LogP) is 3.97. The van der Waals surface area contributed by atoms with Crippen molar-refractivity contribution in [2.75, 3.05) is 35.6 Å². The van der Waals surface area contributed by atoms with Gasteiger partial charge in [0.05, 0.1) is 22.9 Å². The topological polar surface area (TPSA) is 87.2 Å². The Morgan fingerprint density at radius 1 is 1.18 bits per heavy atom. The fourth-order valence-corrected chi connectivity index (χ4v) is 4.13. The van der Waals surface area contributed by atoms with Gasteiger partial charge in [0, 0.05) is 19.6 Å². The Bertz CT molecular complexity index is 956. The maximum atomic E-state index is 13.1. The van der Waals surface area contributed by atoms with Crippen LogP contribution in [-0.2, 0) is 15.8 Å². The van der Waals surface area contributed by atoms with Gasteiger partial charge in [-0.25, -0.2) is 0 Å². The SMILES string of the molecule is CCCNC(=O)[C@H]1CCCN(c2ccc(SCC(=O)Nc3ccccc3C(F)(F)F)nn2)C1. The number of anilines is 2. The van der Waals surface area contributed by atoms with Gasteiger partial charge in [0.25, 0.3) is 0 Å². The standard InChI is InChI=1S/C22H26F3N5O2S/c1-2-11-26-21(32)15-6-5-12-30(13-15)18-9-10-20(29-28-18)33-14-19(31)27-17-8-4-3-7-16(17)22(23,24)25/h3-4,7-10,15H,2,5-6,11-14H2,1H3,(H,26,32)(H,27,31)/t15-/m0/s1. The van der Waals surface area contributed by atoms with Gasteiger partial charge in [0.2, 0.25) is 11.8 Å². The minimum Gasteiger partial charge on any atom is -0.356 e. The van der Waals surface area contributed by atoms with E-state index in [4.69, 9.17) is 0 Å². The molecule has 178 valence electrons. The summed E-state index contributed by atoms with van der Waals surface area (Å²) < 4.78 is 39.2. The Labute approximate surface area is 194 Å². The van der Waals surface area contributed by atoms with Crippen LogP contribution in [0.25, 0.3) is 0 Å². The summed E-state index contributed by atoms with van der Waals surface area (Å²) >= 11 is 1.08. The molecule has 3 rings (SSSR count). The molecule has 1 aromatic heterocycles. The van der Waals surface area contributed by atoms with Gasteiger partial charge in [-0.3, -0.25) is 9.59 Å². The highest BCUT2D eigenvalue weighted by Crippen LogP contribution is 2.34. The summed E-state index contributed by atoms with van der Waals surface area (Å²) in [7, 11) is 0. The Morgan fingerprint density at radius 3 is 2.67 bits per heavy atom. The van der Waals surface area contributed by atoms with Gasteiger partial charge in [-0.05, 0) is 43.5 Å². The van der Waals surface area contributed by atoms with E-state index in [0.717, 1.165) is 43.6 Å². The minimum absolute atomic E-state index is 0.0554. The predicted molar refractivity (Wildman–Crippen MR) is 121 cm³/mol. The molecule has 0 saturated carbocycles. The number of aromatic nitrogens is 2. The molecule has 1 aromatic carbocycles. The van der Waals surface area contributed by atoms with Crippen LogP contribution < -0.4 is 15.5 Å². The average Bonchev–Trinajstić information content (AvgIpc) is 2.81. The lowest BCUT2D eigenvalue weighted by atomic mass is 9.97. The number of alkyl halides is 3. The summed E-state index contributed by atoms with van der Waals surface area (Å²) in [5.41, 5.74) is -1.17. The Morgan fingerprint density at radius 2 is 1.97 bits per heavy atom. The second-order valence-corrected chi connectivity index (χ2v) is 8.68. The first-order valence-corrected chi connectivity index (χ1v) is 11.7. The smallest absolute Gasteiger partial charge is 0.356 e. The minimum atomic E-state index is -4.55. The normalized spacial score (nSPS) is 16.4. The maximum absolute atomic E-state index is 13.1. The van der Waals surface area contributed by atoms with Gasteiger partial charge in [-0.2, -0.15) is 13.2 Å². The number of para-hydroxylation sites is 1. The first-order chi connectivity index (χ1) is 15.8. The molecule has 2 amide bonds. The summed E-state index contributed by atoms with van der Waals surface area (Å²) in [6, 6.07) is 8.33. The van der Waals surface area contributed by atoms with Crippen LogP contribution in [0.15, 0.2) is 41.4 Å². The molecule has 7 nitrogen and oxygen atoms in total. The molecule has 1 saturated heterocycles. The first kappa shape index (κ1) is 24.8. The summed E-state index contributed by atoms with van der Waals surface area (Å²) in [6.45, 7) is 4.02. The van der Waals surface area contributed by atoms with E-state index in [-0.39, 0.29) is 23.3 Å². The van der Waals surface area contributed by atoms with E-state index < -0.39 is 17.6 Å². The zero-order chi connectivity index (χ0) is 23.8.